The molecule has 0 heterocycles. The highest BCUT2D eigenvalue weighted by Crippen LogP contribution is 2.06. The van der Waals surface area contributed by atoms with E-state index in [-0.39, 0.29) is 18.0 Å². The van der Waals surface area contributed by atoms with Gasteiger partial charge in [-0.15, -0.1) is 0 Å². The molecule has 0 aromatic heterocycles. The molecule has 0 bridgehead atoms. The van der Waals surface area contributed by atoms with Crippen LogP contribution in [-0.4, -0.2) is 22.9 Å². The molecule has 6 heteroatoms. The number of nitrogens with one attached hydrogen (secondary N) is 1. The lowest BCUT2D eigenvalue weighted by molar-refractivity contribution is -0.114. The van der Waals surface area contributed by atoms with Crippen LogP contribution >= 0.6 is 12.2 Å². The van der Waals surface area contributed by atoms with Crippen molar-refractivity contribution in [1.82, 2.24) is 5.32 Å². The van der Waals surface area contributed by atoms with Gasteiger partial charge in [-0.2, -0.15) is 0 Å². The minimum atomic E-state index is -0.854. The largest absolute Gasteiger partial charge is 0.445 e. The number of hydrogen-bond acceptors (Lipinski definition) is 4. The third-order valence-electron chi connectivity index (χ3n) is 3.35. The predicted molar refractivity (Wildman–Crippen MR) is 95.5 cm³/mol. The Kier molecular flexibility index (Phi) is 6.45. The number of alkyl carbamates (subject to hydrolysis) is 1. The van der Waals surface area contributed by atoms with Crippen molar-refractivity contribution in [3.8, 4) is 0 Å². The fraction of sp³-hybridized carbons (Fsp3) is 0.167. The van der Waals surface area contributed by atoms with E-state index in [0.29, 0.717) is 0 Å². The van der Waals surface area contributed by atoms with Crippen LogP contribution in [0.5, 0.6) is 0 Å². The number of amides is 1. The van der Waals surface area contributed by atoms with Crippen LogP contribution in [0.2, 0.25) is 0 Å². The monoisotopic (exact) mass is 342 g/mol. The lowest BCUT2D eigenvalue weighted by Gasteiger charge is -2.17. The lowest BCUT2D eigenvalue weighted by atomic mass is 10.0. The van der Waals surface area contributed by atoms with Crippen LogP contribution in [0.25, 0.3) is 0 Å². The zero-order valence-corrected chi connectivity index (χ0v) is 13.8. The second-order valence-electron chi connectivity index (χ2n) is 5.18. The van der Waals surface area contributed by atoms with Crippen molar-refractivity contribution >= 4 is 29.1 Å². The number of nitrogens with two attached hydrogens (primary N) is 1. The van der Waals surface area contributed by atoms with Gasteiger partial charge < -0.3 is 15.8 Å². The van der Waals surface area contributed by atoms with Crippen LogP contribution in [0.15, 0.2) is 60.7 Å². The predicted octanol–water partition coefficient (Wildman–Crippen LogP) is 2.38. The van der Waals surface area contributed by atoms with Gasteiger partial charge in [-0.05, 0) is 11.1 Å². The quantitative estimate of drug-likeness (QED) is 0.755. The number of hydrogen-bond donors (Lipinski definition) is 2. The molecular weight excluding hydrogens is 324 g/mol. The number of carbonyl (C=O) groups is 2. The van der Waals surface area contributed by atoms with E-state index in [4.69, 9.17) is 22.7 Å². The van der Waals surface area contributed by atoms with Gasteiger partial charge in [-0.1, -0.05) is 72.9 Å². The molecule has 3 N–H and O–H groups in total. The minimum absolute atomic E-state index is 0.117. The van der Waals surface area contributed by atoms with Crippen molar-refractivity contribution in [2.75, 3.05) is 0 Å². The molecule has 124 valence electrons. The average Bonchev–Trinajstić information content (AvgIpc) is 2.60. The Bertz CT molecular complexity index is 705. The summed E-state index contributed by atoms with van der Waals surface area (Å²) in [6.45, 7) is 0.117. The summed E-state index contributed by atoms with van der Waals surface area (Å²) in [5.41, 5.74) is 7.16. The van der Waals surface area contributed by atoms with Gasteiger partial charge in [-0.25, -0.2) is 4.79 Å². The van der Waals surface area contributed by atoms with Crippen LogP contribution in [0.4, 0.5) is 4.79 Å². The summed E-state index contributed by atoms with van der Waals surface area (Å²) in [7, 11) is 0. The minimum Gasteiger partial charge on any atom is -0.445 e. The van der Waals surface area contributed by atoms with Gasteiger partial charge >= 0.3 is 6.09 Å². The Morgan fingerprint density at radius 2 is 1.54 bits per heavy atom. The summed E-state index contributed by atoms with van der Waals surface area (Å²) in [6.07, 6.45) is -0.401. The van der Waals surface area contributed by atoms with E-state index in [2.05, 4.69) is 5.32 Å². The number of thiocarbonyl (C=S) groups is 1. The van der Waals surface area contributed by atoms with Crippen LogP contribution in [0.1, 0.15) is 11.1 Å². The van der Waals surface area contributed by atoms with Gasteiger partial charge in [0, 0.05) is 6.42 Å². The molecule has 0 aliphatic carbocycles. The van der Waals surface area contributed by atoms with Crippen LogP contribution < -0.4 is 11.1 Å². The summed E-state index contributed by atoms with van der Waals surface area (Å²) < 4.78 is 5.14. The van der Waals surface area contributed by atoms with Crippen LogP contribution in [0, 0.1) is 0 Å². The number of ketones is 1. The van der Waals surface area contributed by atoms with E-state index < -0.39 is 17.9 Å². The van der Waals surface area contributed by atoms with E-state index in [9.17, 15) is 9.59 Å². The fourth-order valence-corrected chi connectivity index (χ4v) is 2.28. The zero-order valence-electron chi connectivity index (χ0n) is 13.0. The van der Waals surface area contributed by atoms with Crippen molar-refractivity contribution in [1.29, 1.82) is 0 Å². The molecular formula is C18H18N2O3S. The standard InChI is InChI=1S/C18H18N2O3S/c19-17(24)16(21)15(11-13-7-3-1-4-8-13)20-18(22)23-12-14-9-5-2-6-10-14/h1-10,15H,11-12H2,(H2,19,24)(H,20,22)/t15-/m0/s1. The van der Waals surface area contributed by atoms with E-state index in [1.54, 1.807) is 0 Å². The summed E-state index contributed by atoms with van der Waals surface area (Å²) in [6, 6.07) is 17.7. The van der Waals surface area contributed by atoms with E-state index >= 15 is 0 Å². The maximum absolute atomic E-state index is 12.1. The summed E-state index contributed by atoms with van der Waals surface area (Å²) in [5, 5.41) is 2.54. The Labute approximate surface area is 145 Å². The molecule has 0 spiro atoms. The third kappa shape index (κ3) is 5.48. The second-order valence-corrected chi connectivity index (χ2v) is 5.62. The third-order valence-corrected chi connectivity index (χ3v) is 3.55. The molecule has 2 aromatic carbocycles. The van der Waals surface area contributed by atoms with Crippen molar-refractivity contribution in [3.05, 3.63) is 71.8 Å². The first-order valence-corrected chi connectivity index (χ1v) is 7.82. The second kappa shape index (κ2) is 8.79. The highest BCUT2D eigenvalue weighted by atomic mass is 32.1. The first kappa shape index (κ1) is 17.6. The maximum atomic E-state index is 12.1. The number of rotatable bonds is 7. The smallest absolute Gasteiger partial charge is 0.408 e. The van der Waals surface area contributed by atoms with Gasteiger partial charge in [0.2, 0.25) is 5.78 Å². The van der Waals surface area contributed by atoms with Crippen molar-refractivity contribution in [3.63, 3.8) is 0 Å². The molecule has 0 aliphatic heterocycles. The molecule has 1 atom stereocenters. The van der Waals surface area contributed by atoms with Gasteiger partial charge in [-0.3, -0.25) is 4.79 Å². The summed E-state index contributed by atoms with van der Waals surface area (Å²) in [4.78, 5) is 23.8. The zero-order chi connectivity index (χ0) is 17.4. The molecule has 2 rings (SSSR count). The van der Waals surface area contributed by atoms with Gasteiger partial charge in [0.05, 0.1) is 0 Å². The lowest BCUT2D eigenvalue weighted by Crippen LogP contribution is -2.46. The molecule has 0 saturated heterocycles. The molecule has 0 aliphatic rings. The Morgan fingerprint density at radius 1 is 1.00 bits per heavy atom. The average molecular weight is 342 g/mol. The van der Waals surface area contributed by atoms with Crippen molar-refractivity contribution < 1.29 is 14.3 Å². The Balaban J connectivity index is 1.97. The summed E-state index contributed by atoms with van der Waals surface area (Å²) >= 11 is 4.74. The highest BCUT2D eigenvalue weighted by molar-refractivity contribution is 7.82. The SMILES string of the molecule is NC(=S)C(=O)[C@H](Cc1ccccc1)NC(=O)OCc1ccccc1. The van der Waals surface area contributed by atoms with Gasteiger partial charge in [0.25, 0.3) is 0 Å². The Morgan fingerprint density at radius 3 is 2.08 bits per heavy atom. The normalized spacial score (nSPS) is 11.3. The van der Waals surface area contributed by atoms with Crippen molar-refractivity contribution in [2.45, 2.75) is 19.1 Å². The molecule has 2 aromatic rings. The first-order chi connectivity index (χ1) is 11.6. The fourth-order valence-electron chi connectivity index (χ4n) is 2.14. The maximum Gasteiger partial charge on any atom is 0.408 e. The van der Waals surface area contributed by atoms with Crippen LogP contribution in [0.3, 0.4) is 0 Å². The van der Waals surface area contributed by atoms with Gasteiger partial charge in [0.1, 0.15) is 17.6 Å². The number of carbonyl (C=O) groups excluding carboxylic acids is 2. The topological polar surface area (TPSA) is 81.4 Å². The molecule has 1 amide bonds. The van der Waals surface area contributed by atoms with E-state index in [0.717, 1.165) is 11.1 Å². The number of Topliss-reactive ketones (excluding diaryl/α,β-unsaturated/α-hetero) is 1. The Hall–Kier alpha value is -2.73. The van der Waals surface area contributed by atoms with E-state index in [1.165, 1.54) is 0 Å². The molecule has 0 saturated carbocycles. The summed E-state index contributed by atoms with van der Waals surface area (Å²) in [5.74, 6) is -0.495. The van der Waals surface area contributed by atoms with E-state index in [1.807, 2.05) is 60.7 Å². The number of ether oxygens (including phenoxy) is 1. The number of benzene rings is 2. The highest BCUT2D eigenvalue weighted by Gasteiger charge is 2.23. The van der Waals surface area contributed by atoms with Gasteiger partial charge in [0.15, 0.2) is 0 Å². The van der Waals surface area contributed by atoms with Crippen LogP contribution in [-0.2, 0) is 22.6 Å². The van der Waals surface area contributed by atoms with Crippen molar-refractivity contribution in [2.24, 2.45) is 5.73 Å². The molecule has 5 nitrogen and oxygen atoms in total. The first-order valence-electron chi connectivity index (χ1n) is 7.41. The molecule has 24 heavy (non-hydrogen) atoms. The molecule has 0 radical (unpaired) electrons. The molecule has 0 unspecified atom stereocenters. The molecule has 0 fully saturated rings.